The van der Waals surface area contributed by atoms with E-state index in [0.717, 1.165) is 29.8 Å². The number of rotatable bonds is 12. The van der Waals surface area contributed by atoms with Crippen molar-refractivity contribution in [1.82, 2.24) is 19.6 Å². The van der Waals surface area contributed by atoms with E-state index in [1.54, 1.807) is 11.1 Å². The summed E-state index contributed by atoms with van der Waals surface area (Å²) < 4.78 is 18.9. The molecule has 0 bridgehead atoms. The third-order valence-electron chi connectivity index (χ3n) is 6.50. The lowest BCUT2D eigenvalue weighted by Gasteiger charge is -2.33. The van der Waals surface area contributed by atoms with Crippen LogP contribution in [0.3, 0.4) is 0 Å². The largest absolute Gasteiger partial charge is 0.494 e. The number of methoxy groups -OCH3 is 1. The van der Waals surface area contributed by atoms with Crippen molar-refractivity contribution in [3.63, 3.8) is 0 Å². The average Bonchev–Trinajstić information content (AvgIpc) is 3.37. The molecular formula is C29H38N4O5. The Morgan fingerprint density at radius 3 is 2.66 bits per heavy atom. The van der Waals surface area contributed by atoms with Crippen molar-refractivity contribution < 1.29 is 24.1 Å². The minimum absolute atomic E-state index is 0.0192. The van der Waals surface area contributed by atoms with Crippen LogP contribution in [-0.4, -0.2) is 89.3 Å². The number of benzene rings is 2. The normalized spacial score (nSPS) is 18.2. The van der Waals surface area contributed by atoms with Crippen LogP contribution in [0.5, 0.6) is 11.5 Å². The molecule has 204 valence electrons. The maximum Gasteiger partial charge on any atom is 0.248 e. The number of hydrogen-bond acceptors (Lipinski definition) is 7. The summed E-state index contributed by atoms with van der Waals surface area (Å²) in [7, 11) is 1.50. The fraction of sp³-hybridized carbons (Fsp3) is 0.448. The van der Waals surface area contributed by atoms with E-state index < -0.39 is 5.60 Å². The molecule has 9 heteroatoms. The lowest BCUT2D eigenvalue weighted by atomic mass is 10.0. The van der Waals surface area contributed by atoms with Gasteiger partial charge in [0.1, 0.15) is 30.3 Å². The highest BCUT2D eigenvalue weighted by Crippen LogP contribution is 2.22. The summed E-state index contributed by atoms with van der Waals surface area (Å²) in [6.45, 7) is 5.75. The van der Waals surface area contributed by atoms with Crippen LogP contribution in [0.25, 0.3) is 0 Å². The Bertz CT molecular complexity index is 1140. The van der Waals surface area contributed by atoms with Gasteiger partial charge in [0, 0.05) is 58.6 Å². The number of aromatic nitrogens is 2. The lowest BCUT2D eigenvalue weighted by Crippen LogP contribution is -2.52. The Balaban J connectivity index is 1.38. The molecule has 38 heavy (non-hydrogen) atoms. The molecule has 2 aromatic carbocycles. The SMILES string of the molecule is COCC(=O)N1CCN(Cc2cccc(OCCCn3cccn3)c2)CC(O)(COc2ccc(C)cc2)C1. The second kappa shape index (κ2) is 13.4. The van der Waals surface area contributed by atoms with E-state index in [4.69, 9.17) is 14.2 Å². The summed E-state index contributed by atoms with van der Waals surface area (Å²) in [5.41, 5.74) is 0.969. The van der Waals surface area contributed by atoms with Crippen LogP contribution >= 0.6 is 0 Å². The quantitative estimate of drug-likeness (QED) is 0.366. The standard InChI is InChI=1S/C29H38N4O5/c1-24-8-10-26(11-9-24)38-23-29(35)21-31(15-16-32(22-29)28(34)20-36-2)19-25-6-3-7-27(18-25)37-17-5-14-33-13-4-12-30-33/h3-4,6-13,18,35H,5,14-17,19-23H2,1-2H3. The molecule has 1 aliphatic rings. The van der Waals surface area contributed by atoms with Gasteiger partial charge < -0.3 is 24.2 Å². The van der Waals surface area contributed by atoms with Crippen LogP contribution in [0.2, 0.25) is 0 Å². The van der Waals surface area contributed by atoms with Gasteiger partial charge in [-0.1, -0.05) is 29.8 Å². The van der Waals surface area contributed by atoms with E-state index in [1.807, 2.05) is 66.3 Å². The van der Waals surface area contributed by atoms with Crippen molar-refractivity contribution in [2.75, 3.05) is 53.1 Å². The van der Waals surface area contributed by atoms with E-state index in [2.05, 4.69) is 16.1 Å². The van der Waals surface area contributed by atoms with E-state index in [-0.39, 0.29) is 25.7 Å². The van der Waals surface area contributed by atoms with E-state index >= 15 is 0 Å². The minimum Gasteiger partial charge on any atom is -0.494 e. The number of aryl methyl sites for hydroxylation is 2. The number of carbonyl (C=O) groups is 1. The van der Waals surface area contributed by atoms with Gasteiger partial charge in [0.25, 0.3) is 0 Å². The second-order valence-electron chi connectivity index (χ2n) is 9.90. The number of amides is 1. The van der Waals surface area contributed by atoms with E-state index in [1.165, 1.54) is 7.11 Å². The van der Waals surface area contributed by atoms with E-state index in [9.17, 15) is 9.90 Å². The zero-order valence-electron chi connectivity index (χ0n) is 22.3. The smallest absolute Gasteiger partial charge is 0.248 e. The Labute approximate surface area is 224 Å². The molecule has 1 aromatic heterocycles. The molecule has 1 N–H and O–H groups in total. The summed E-state index contributed by atoms with van der Waals surface area (Å²) >= 11 is 0. The molecule has 1 saturated heterocycles. The van der Waals surface area contributed by atoms with Crippen LogP contribution in [0.4, 0.5) is 0 Å². The summed E-state index contributed by atoms with van der Waals surface area (Å²) in [4.78, 5) is 16.5. The number of ether oxygens (including phenoxy) is 3. The fourth-order valence-corrected chi connectivity index (χ4v) is 4.59. The van der Waals surface area contributed by atoms with Crippen molar-refractivity contribution >= 4 is 5.91 Å². The molecule has 1 fully saturated rings. The Morgan fingerprint density at radius 2 is 1.89 bits per heavy atom. The van der Waals surface area contributed by atoms with Gasteiger partial charge in [-0.15, -0.1) is 0 Å². The monoisotopic (exact) mass is 522 g/mol. The molecule has 1 amide bonds. The van der Waals surface area contributed by atoms with Crippen molar-refractivity contribution in [2.45, 2.75) is 32.0 Å². The highest BCUT2D eigenvalue weighted by atomic mass is 16.5. The molecule has 4 rings (SSSR count). The van der Waals surface area contributed by atoms with Gasteiger partial charge >= 0.3 is 0 Å². The minimum atomic E-state index is -1.24. The first-order valence-corrected chi connectivity index (χ1v) is 13.0. The van der Waals surface area contributed by atoms with Crippen LogP contribution in [0.1, 0.15) is 17.5 Å². The molecule has 2 heterocycles. The van der Waals surface area contributed by atoms with Crippen molar-refractivity contribution in [1.29, 1.82) is 0 Å². The van der Waals surface area contributed by atoms with E-state index in [0.29, 0.717) is 38.5 Å². The Morgan fingerprint density at radius 1 is 1.05 bits per heavy atom. The third-order valence-corrected chi connectivity index (χ3v) is 6.50. The van der Waals surface area contributed by atoms with Gasteiger partial charge in [-0.3, -0.25) is 14.4 Å². The number of carbonyl (C=O) groups excluding carboxylic acids is 1. The zero-order chi connectivity index (χ0) is 26.8. The van der Waals surface area contributed by atoms with Crippen LogP contribution in [0, 0.1) is 6.92 Å². The number of aliphatic hydroxyl groups is 1. The van der Waals surface area contributed by atoms with Gasteiger partial charge in [0.15, 0.2) is 0 Å². The zero-order valence-corrected chi connectivity index (χ0v) is 22.3. The molecule has 0 spiro atoms. The molecule has 1 atom stereocenters. The first-order valence-electron chi connectivity index (χ1n) is 13.0. The van der Waals surface area contributed by atoms with Crippen molar-refractivity contribution in [2.24, 2.45) is 0 Å². The topological polar surface area (TPSA) is 89.3 Å². The molecule has 1 unspecified atom stereocenters. The van der Waals surface area contributed by atoms with Crippen molar-refractivity contribution in [3.05, 3.63) is 78.1 Å². The molecular weight excluding hydrogens is 484 g/mol. The number of β-amino-alcohol motifs (C(OH)–C–C–N with tert-alkyl or cyclic N) is 1. The number of nitrogens with zero attached hydrogens (tertiary/aromatic N) is 4. The van der Waals surface area contributed by atoms with Crippen LogP contribution in [-0.2, 0) is 22.6 Å². The first-order chi connectivity index (χ1) is 18.4. The summed E-state index contributed by atoms with van der Waals surface area (Å²) in [5.74, 6) is 1.35. The summed E-state index contributed by atoms with van der Waals surface area (Å²) in [5, 5.41) is 15.9. The maximum absolute atomic E-state index is 12.7. The van der Waals surface area contributed by atoms with Gasteiger partial charge in [-0.05, 0) is 42.8 Å². The average molecular weight is 523 g/mol. The molecule has 0 aliphatic carbocycles. The van der Waals surface area contributed by atoms with Gasteiger partial charge in [0.05, 0.1) is 13.2 Å². The molecule has 0 radical (unpaired) electrons. The van der Waals surface area contributed by atoms with Crippen LogP contribution < -0.4 is 9.47 Å². The van der Waals surface area contributed by atoms with Gasteiger partial charge in [0.2, 0.25) is 5.91 Å². The Hall–Kier alpha value is -3.40. The van der Waals surface area contributed by atoms with Gasteiger partial charge in [-0.25, -0.2) is 0 Å². The van der Waals surface area contributed by atoms with Crippen LogP contribution in [0.15, 0.2) is 67.0 Å². The molecule has 3 aromatic rings. The highest BCUT2D eigenvalue weighted by molar-refractivity contribution is 5.77. The predicted molar refractivity (Wildman–Crippen MR) is 144 cm³/mol. The van der Waals surface area contributed by atoms with Gasteiger partial charge in [-0.2, -0.15) is 5.10 Å². The second-order valence-corrected chi connectivity index (χ2v) is 9.90. The Kier molecular flexibility index (Phi) is 9.75. The number of hydrogen-bond donors (Lipinski definition) is 1. The molecule has 9 nitrogen and oxygen atoms in total. The third kappa shape index (κ3) is 8.31. The van der Waals surface area contributed by atoms with Crippen molar-refractivity contribution in [3.8, 4) is 11.5 Å². The summed E-state index contributed by atoms with van der Waals surface area (Å²) in [6, 6.07) is 17.7. The molecule has 1 aliphatic heterocycles. The predicted octanol–water partition coefficient (Wildman–Crippen LogP) is 2.76. The molecule has 0 saturated carbocycles. The fourth-order valence-electron chi connectivity index (χ4n) is 4.59. The lowest BCUT2D eigenvalue weighted by molar-refractivity contribution is -0.138. The highest BCUT2D eigenvalue weighted by Gasteiger charge is 2.37. The first kappa shape index (κ1) is 27.6. The maximum atomic E-state index is 12.7. The summed E-state index contributed by atoms with van der Waals surface area (Å²) in [6.07, 6.45) is 4.58.